The van der Waals surface area contributed by atoms with E-state index in [2.05, 4.69) is 4.98 Å². The first-order valence-corrected chi connectivity index (χ1v) is 8.01. The Labute approximate surface area is 118 Å². The maximum Gasteiger partial charge on any atom is 0.192 e. The van der Waals surface area contributed by atoms with E-state index in [0.29, 0.717) is 11.5 Å². The summed E-state index contributed by atoms with van der Waals surface area (Å²) in [4.78, 5) is 3.87. The van der Waals surface area contributed by atoms with Crippen LogP contribution in [0.5, 0.6) is 11.5 Å². The lowest BCUT2D eigenvalue weighted by Crippen LogP contribution is -2.00. The molecule has 2 N–H and O–H groups in total. The highest BCUT2D eigenvalue weighted by atomic mass is 32.2. The van der Waals surface area contributed by atoms with Crippen LogP contribution in [0.25, 0.3) is 0 Å². The Morgan fingerprint density at radius 1 is 1.20 bits per heavy atom. The molecule has 20 heavy (non-hydrogen) atoms. The largest absolute Gasteiger partial charge is 0.456 e. The lowest BCUT2D eigenvalue weighted by Gasteiger charge is -2.09. The van der Waals surface area contributed by atoms with Gasteiger partial charge >= 0.3 is 0 Å². The Hall–Kier alpha value is -2.08. The molecule has 106 valence electrons. The lowest BCUT2D eigenvalue weighted by molar-refractivity contribution is 0.478. The van der Waals surface area contributed by atoms with Crippen LogP contribution in [0.1, 0.15) is 12.5 Å². The number of anilines is 1. The van der Waals surface area contributed by atoms with Gasteiger partial charge in [-0.2, -0.15) is 0 Å². The van der Waals surface area contributed by atoms with E-state index in [1.807, 2.05) is 13.0 Å². The fraction of sp³-hybridized carbons (Fsp3) is 0.214. The number of aromatic nitrogens is 1. The number of sulfone groups is 1. The molecular formula is C14H16N2O3S. The van der Waals surface area contributed by atoms with Gasteiger partial charge in [-0.25, -0.2) is 13.4 Å². The zero-order valence-corrected chi connectivity index (χ0v) is 12.1. The van der Waals surface area contributed by atoms with Crippen LogP contribution in [0, 0.1) is 0 Å². The van der Waals surface area contributed by atoms with Gasteiger partial charge in [0.1, 0.15) is 11.5 Å². The number of ether oxygens (including phenoxy) is 1. The minimum absolute atomic E-state index is 0.0244. The van der Waals surface area contributed by atoms with Crippen LogP contribution in [0.3, 0.4) is 0 Å². The van der Waals surface area contributed by atoms with Crippen LogP contribution < -0.4 is 10.5 Å². The Morgan fingerprint density at radius 2 is 1.90 bits per heavy atom. The summed E-state index contributed by atoms with van der Waals surface area (Å²) in [6.45, 7) is 2.01. The molecule has 1 aromatic carbocycles. The molecule has 1 heterocycles. The minimum atomic E-state index is -3.29. The number of nitrogen functional groups attached to an aromatic ring is 1. The van der Waals surface area contributed by atoms with E-state index >= 15 is 0 Å². The van der Waals surface area contributed by atoms with Gasteiger partial charge in [-0.1, -0.05) is 6.92 Å². The maximum absolute atomic E-state index is 11.3. The molecule has 5 nitrogen and oxygen atoms in total. The monoisotopic (exact) mass is 292 g/mol. The third-order valence-electron chi connectivity index (χ3n) is 2.82. The molecule has 2 rings (SSSR count). The van der Waals surface area contributed by atoms with Gasteiger partial charge in [-0.3, -0.25) is 0 Å². The van der Waals surface area contributed by atoms with E-state index in [9.17, 15) is 8.42 Å². The number of nitrogens with zero attached hydrogens (tertiary/aromatic N) is 1. The molecule has 0 aliphatic carbocycles. The molecule has 0 bridgehead atoms. The second-order valence-electron chi connectivity index (χ2n) is 4.42. The molecule has 0 saturated carbocycles. The summed E-state index contributed by atoms with van der Waals surface area (Å²) in [5.74, 6) is 1.12. The van der Waals surface area contributed by atoms with E-state index in [-0.39, 0.29) is 5.03 Å². The first-order chi connectivity index (χ1) is 9.40. The van der Waals surface area contributed by atoms with Crippen LogP contribution >= 0.6 is 0 Å². The Balaban J connectivity index is 2.22. The van der Waals surface area contributed by atoms with Crippen molar-refractivity contribution in [1.29, 1.82) is 0 Å². The number of benzene rings is 1. The predicted molar refractivity (Wildman–Crippen MR) is 77.7 cm³/mol. The van der Waals surface area contributed by atoms with E-state index in [1.165, 1.54) is 12.3 Å². The second kappa shape index (κ2) is 5.50. The number of hydrogen-bond acceptors (Lipinski definition) is 5. The highest BCUT2D eigenvalue weighted by Crippen LogP contribution is 2.25. The standard InChI is InChI=1S/C14H16N2O3S/c1-3-10-8-11(4-6-13(10)15)19-12-5-7-14(16-9-12)20(2,17)18/h4-9H,3,15H2,1-2H3. The topological polar surface area (TPSA) is 82.3 Å². The zero-order chi connectivity index (χ0) is 14.8. The number of hydrogen-bond donors (Lipinski definition) is 1. The van der Waals surface area contributed by atoms with Crippen molar-refractivity contribution in [3.05, 3.63) is 42.1 Å². The molecule has 0 aliphatic heterocycles. The van der Waals surface area contributed by atoms with Gasteiger partial charge in [-0.15, -0.1) is 0 Å². The van der Waals surface area contributed by atoms with Gasteiger partial charge in [0.2, 0.25) is 0 Å². The van der Waals surface area contributed by atoms with Crippen LogP contribution in [0.15, 0.2) is 41.6 Å². The molecule has 6 heteroatoms. The van der Waals surface area contributed by atoms with Gasteiger partial charge in [-0.05, 0) is 42.3 Å². The Kier molecular flexibility index (Phi) is 3.94. The molecule has 0 fully saturated rings. The van der Waals surface area contributed by atoms with Gasteiger partial charge in [0, 0.05) is 11.9 Å². The number of nitrogens with two attached hydrogens (primary N) is 1. The SMILES string of the molecule is CCc1cc(Oc2ccc(S(C)(=O)=O)nc2)ccc1N. The average molecular weight is 292 g/mol. The quantitative estimate of drug-likeness (QED) is 0.875. The highest BCUT2D eigenvalue weighted by molar-refractivity contribution is 7.90. The molecule has 0 amide bonds. The second-order valence-corrected chi connectivity index (χ2v) is 6.38. The van der Waals surface area contributed by atoms with E-state index in [0.717, 1.165) is 23.9 Å². The summed E-state index contributed by atoms with van der Waals surface area (Å²) < 4.78 is 28.2. The van der Waals surface area contributed by atoms with E-state index < -0.39 is 9.84 Å². The van der Waals surface area contributed by atoms with Crippen molar-refractivity contribution < 1.29 is 13.2 Å². The molecule has 0 atom stereocenters. The summed E-state index contributed by atoms with van der Waals surface area (Å²) in [6, 6.07) is 8.40. The van der Waals surface area contributed by atoms with Gasteiger partial charge in [0.15, 0.2) is 14.9 Å². The molecule has 0 saturated heterocycles. The normalized spacial score (nSPS) is 11.3. The molecule has 0 radical (unpaired) electrons. The third-order valence-corrected chi connectivity index (χ3v) is 3.82. The molecule has 0 spiro atoms. The van der Waals surface area contributed by atoms with Gasteiger partial charge in [0.05, 0.1) is 6.20 Å². The third kappa shape index (κ3) is 3.27. The van der Waals surface area contributed by atoms with Crippen molar-refractivity contribution >= 4 is 15.5 Å². The maximum atomic E-state index is 11.3. The van der Waals surface area contributed by atoms with Crippen molar-refractivity contribution in [1.82, 2.24) is 4.98 Å². The molecular weight excluding hydrogens is 276 g/mol. The van der Waals surface area contributed by atoms with E-state index in [4.69, 9.17) is 10.5 Å². The van der Waals surface area contributed by atoms with Gasteiger partial charge < -0.3 is 10.5 Å². The van der Waals surface area contributed by atoms with Crippen molar-refractivity contribution in [2.24, 2.45) is 0 Å². The van der Waals surface area contributed by atoms with Crippen molar-refractivity contribution in [2.75, 3.05) is 12.0 Å². The minimum Gasteiger partial charge on any atom is -0.456 e. The predicted octanol–water partition coefficient (Wildman–Crippen LogP) is 2.42. The first-order valence-electron chi connectivity index (χ1n) is 6.12. The van der Waals surface area contributed by atoms with Crippen molar-refractivity contribution in [3.8, 4) is 11.5 Å². The van der Waals surface area contributed by atoms with Crippen molar-refractivity contribution in [3.63, 3.8) is 0 Å². The first kappa shape index (κ1) is 14.3. The highest BCUT2D eigenvalue weighted by Gasteiger charge is 2.09. The molecule has 2 aromatic rings. The fourth-order valence-electron chi connectivity index (χ4n) is 1.73. The Bertz CT molecular complexity index is 710. The summed E-state index contributed by atoms with van der Waals surface area (Å²) in [5, 5.41) is 0.0244. The zero-order valence-electron chi connectivity index (χ0n) is 11.3. The van der Waals surface area contributed by atoms with Crippen LogP contribution in [0.2, 0.25) is 0 Å². The number of pyridine rings is 1. The molecule has 0 aliphatic rings. The van der Waals surface area contributed by atoms with E-state index in [1.54, 1.807) is 18.2 Å². The van der Waals surface area contributed by atoms with Crippen LogP contribution in [0.4, 0.5) is 5.69 Å². The lowest BCUT2D eigenvalue weighted by atomic mass is 10.1. The molecule has 1 aromatic heterocycles. The van der Waals surface area contributed by atoms with Crippen molar-refractivity contribution in [2.45, 2.75) is 18.4 Å². The van der Waals surface area contributed by atoms with Crippen LogP contribution in [-0.2, 0) is 16.3 Å². The fourth-order valence-corrected chi connectivity index (χ4v) is 2.29. The summed E-state index contributed by atoms with van der Waals surface area (Å²) in [6.07, 6.45) is 3.32. The molecule has 0 unspecified atom stereocenters. The number of rotatable bonds is 4. The summed E-state index contributed by atoms with van der Waals surface area (Å²) >= 11 is 0. The average Bonchev–Trinajstić information content (AvgIpc) is 2.40. The smallest absolute Gasteiger partial charge is 0.192 e. The number of aryl methyl sites for hydroxylation is 1. The van der Waals surface area contributed by atoms with Gasteiger partial charge in [0.25, 0.3) is 0 Å². The Morgan fingerprint density at radius 3 is 2.45 bits per heavy atom. The van der Waals surface area contributed by atoms with Crippen LogP contribution in [-0.4, -0.2) is 19.7 Å². The summed E-state index contributed by atoms with van der Waals surface area (Å²) in [5.41, 5.74) is 7.56. The summed E-state index contributed by atoms with van der Waals surface area (Å²) in [7, 11) is -3.29.